The van der Waals surface area contributed by atoms with E-state index in [1.165, 1.54) is 18.2 Å². The van der Waals surface area contributed by atoms with E-state index in [-0.39, 0.29) is 30.2 Å². The standard InChI is InChI=1S/C11H17NO3/c1-7(6-13)12-8(2)10-5-9(14)3-4-11(10)15/h3-5,7-8,12-15H,6H2,1-2H3/t7-,8?/m1/s1. The first-order valence-corrected chi connectivity index (χ1v) is 4.93. The summed E-state index contributed by atoms with van der Waals surface area (Å²) < 4.78 is 0. The number of nitrogens with one attached hydrogen (secondary N) is 1. The SMILES string of the molecule is CC(N[C@H](C)CO)c1cc(O)ccc1O. The average molecular weight is 211 g/mol. The minimum Gasteiger partial charge on any atom is -0.508 e. The monoisotopic (exact) mass is 211 g/mol. The second-order valence-corrected chi connectivity index (χ2v) is 3.72. The molecule has 84 valence electrons. The van der Waals surface area contributed by atoms with Crippen molar-refractivity contribution in [2.75, 3.05) is 6.61 Å². The molecule has 0 fully saturated rings. The van der Waals surface area contributed by atoms with Gasteiger partial charge in [0.25, 0.3) is 0 Å². The maximum absolute atomic E-state index is 9.58. The Hall–Kier alpha value is -1.26. The molecule has 4 N–H and O–H groups in total. The summed E-state index contributed by atoms with van der Waals surface area (Å²) in [7, 11) is 0. The predicted molar refractivity (Wildman–Crippen MR) is 57.9 cm³/mol. The molecule has 0 bridgehead atoms. The lowest BCUT2D eigenvalue weighted by Gasteiger charge is -2.19. The number of aliphatic hydroxyl groups is 1. The van der Waals surface area contributed by atoms with Gasteiger partial charge in [-0.3, -0.25) is 0 Å². The van der Waals surface area contributed by atoms with Crippen LogP contribution >= 0.6 is 0 Å². The molecular weight excluding hydrogens is 194 g/mol. The molecule has 15 heavy (non-hydrogen) atoms. The molecule has 4 heteroatoms. The number of hydrogen-bond acceptors (Lipinski definition) is 4. The molecule has 4 nitrogen and oxygen atoms in total. The van der Waals surface area contributed by atoms with E-state index < -0.39 is 0 Å². The van der Waals surface area contributed by atoms with Gasteiger partial charge in [0.1, 0.15) is 11.5 Å². The molecule has 0 aliphatic heterocycles. The third-order valence-corrected chi connectivity index (χ3v) is 2.29. The van der Waals surface area contributed by atoms with Crippen molar-refractivity contribution < 1.29 is 15.3 Å². The number of phenolic OH excluding ortho intramolecular Hbond substituents is 2. The summed E-state index contributed by atoms with van der Waals surface area (Å²) in [6, 6.07) is 4.21. The number of hydrogen-bond donors (Lipinski definition) is 4. The van der Waals surface area contributed by atoms with Gasteiger partial charge in [0.05, 0.1) is 6.61 Å². The fourth-order valence-electron chi connectivity index (χ4n) is 1.46. The lowest BCUT2D eigenvalue weighted by molar-refractivity contribution is 0.242. The van der Waals surface area contributed by atoms with E-state index in [0.717, 1.165) is 0 Å². The molecule has 0 aliphatic rings. The fraction of sp³-hybridized carbons (Fsp3) is 0.455. The van der Waals surface area contributed by atoms with E-state index in [0.29, 0.717) is 5.56 Å². The Kier molecular flexibility index (Phi) is 3.94. The molecule has 2 atom stereocenters. The number of benzene rings is 1. The van der Waals surface area contributed by atoms with Crippen LogP contribution in [-0.2, 0) is 0 Å². The Balaban J connectivity index is 2.80. The van der Waals surface area contributed by atoms with Gasteiger partial charge in [-0.05, 0) is 32.0 Å². The maximum atomic E-state index is 9.58. The lowest BCUT2D eigenvalue weighted by Crippen LogP contribution is -2.31. The first-order chi connectivity index (χ1) is 7.04. The van der Waals surface area contributed by atoms with Crippen LogP contribution in [0.5, 0.6) is 11.5 Å². The van der Waals surface area contributed by atoms with Crippen molar-refractivity contribution in [3.8, 4) is 11.5 Å². The number of phenols is 2. The molecule has 0 aromatic heterocycles. The molecular formula is C11H17NO3. The third-order valence-electron chi connectivity index (χ3n) is 2.29. The molecule has 0 amide bonds. The molecule has 0 radical (unpaired) electrons. The summed E-state index contributed by atoms with van der Waals surface area (Å²) in [5, 5.41) is 30.8. The topological polar surface area (TPSA) is 72.7 Å². The summed E-state index contributed by atoms with van der Waals surface area (Å²) in [6.45, 7) is 3.74. The summed E-state index contributed by atoms with van der Waals surface area (Å²) in [5.41, 5.74) is 0.621. The van der Waals surface area contributed by atoms with Crippen molar-refractivity contribution in [1.82, 2.24) is 5.32 Å². The van der Waals surface area contributed by atoms with Gasteiger partial charge in [0, 0.05) is 17.6 Å². The van der Waals surface area contributed by atoms with Crippen molar-refractivity contribution in [1.29, 1.82) is 0 Å². The highest BCUT2D eigenvalue weighted by molar-refractivity contribution is 5.40. The van der Waals surface area contributed by atoms with Crippen LogP contribution in [0.4, 0.5) is 0 Å². The van der Waals surface area contributed by atoms with Gasteiger partial charge in [0.2, 0.25) is 0 Å². The second-order valence-electron chi connectivity index (χ2n) is 3.72. The average Bonchev–Trinajstić information content (AvgIpc) is 2.21. The van der Waals surface area contributed by atoms with Crippen LogP contribution in [0.1, 0.15) is 25.5 Å². The van der Waals surface area contributed by atoms with Crippen LogP contribution in [0, 0.1) is 0 Å². The summed E-state index contributed by atoms with van der Waals surface area (Å²) in [4.78, 5) is 0. The largest absolute Gasteiger partial charge is 0.508 e. The van der Waals surface area contributed by atoms with Crippen molar-refractivity contribution >= 4 is 0 Å². The Morgan fingerprint density at radius 3 is 2.53 bits per heavy atom. The Morgan fingerprint density at radius 2 is 1.93 bits per heavy atom. The van der Waals surface area contributed by atoms with E-state index in [9.17, 15) is 10.2 Å². The molecule has 0 saturated heterocycles. The van der Waals surface area contributed by atoms with Gasteiger partial charge in [-0.25, -0.2) is 0 Å². The molecule has 1 aromatic rings. The van der Waals surface area contributed by atoms with E-state index >= 15 is 0 Å². The zero-order chi connectivity index (χ0) is 11.4. The van der Waals surface area contributed by atoms with E-state index in [2.05, 4.69) is 5.32 Å². The first kappa shape index (κ1) is 11.8. The molecule has 0 heterocycles. The summed E-state index contributed by atoms with van der Waals surface area (Å²) >= 11 is 0. The van der Waals surface area contributed by atoms with Gasteiger partial charge < -0.3 is 20.6 Å². The molecule has 0 aliphatic carbocycles. The minimum atomic E-state index is -0.126. The van der Waals surface area contributed by atoms with E-state index in [1.807, 2.05) is 13.8 Å². The van der Waals surface area contributed by atoms with E-state index in [1.54, 1.807) is 0 Å². The zero-order valence-electron chi connectivity index (χ0n) is 8.94. The zero-order valence-corrected chi connectivity index (χ0v) is 8.94. The summed E-state index contributed by atoms with van der Waals surface area (Å²) in [6.07, 6.45) is 0. The van der Waals surface area contributed by atoms with Gasteiger partial charge in [-0.15, -0.1) is 0 Å². The van der Waals surface area contributed by atoms with Crippen LogP contribution in [0.2, 0.25) is 0 Å². The van der Waals surface area contributed by atoms with Gasteiger partial charge in [-0.2, -0.15) is 0 Å². The van der Waals surface area contributed by atoms with E-state index in [4.69, 9.17) is 5.11 Å². The second kappa shape index (κ2) is 5.00. The van der Waals surface area contributed by atoms with Crippen molar-refractivity contribution in [2.24, 2.45) is 0 Å². The van der Waals surface area contributed by atoms with Crippen molar-refractivity contribution in [3.05, 3.63) is 23.8 Å². The van der Waals surface area contributed by atoms with Crippen LogP contribution < -0.4 is 5.32 Å². The predicted octanol–water partition coefficient (Wildman–Crippen LogP) is 1.13. The molecule has 1 unspecified atom stereocenters. The highest BCUT2D eigenvalue weighted by atomic mass is 16.3. The molecule has 0 spiro atoms. The Bertz CT molecular complexity index is 328. The summed E-state index contributed by atoms with van der Waals surface area (Å²) in [5.74, 6) is 0.256. The highest BCUT2D eigenvalue weighted by Gasteiger charge is 2.12. The number of rotatable bonds is 4. The van der Waals surface area contributed by atoms with Crippen molar-refractivity contribution in [2.45, 2.75) is 25.9 Å². The highest BCUT2D eigenvalue weighted by Crippen LogP contribution is 2.27. The molecule has 1 aromatic carbocycles. The normalized spacial score (nSPS) is 14.9. The van der Waals surface area contributed by atoms with Gasteiger partial charge in [-0.1, -0.05) is 0 Å². The Labute approximate surface area is 89.2 Å². The van der Waals surface area contributed by atoms with Gasteiger partial charge in [0.15, 0.2) is 0 Å². The maximum Gasteiger partial charge on any atom is 0.120 e. The number of aliphatic hydroxyl groups excluding tert-OH is 1. The van der Waals surface area contributed by atoms with Crippen LogP contribution in [0.25, 0.3) is 0 Å². The van der Waals surface area contributed by atoms with Crippen LogP contribution in [0.3, 0.4) is 0 Å². The first-order valence-electron chi connectivity index (χ1n) is 4.93. The molecule has 0 saturated carbocycles. The van der Waals surface area contributed by atoms with Gasteiger partial charge >= 0.3 is 0 Å². The quantitative estimate of drug-likeness (QED) is 0.563. The van der Waals surface area contributed by atoms with Crippen LogP contribution in [-0.4, -0.2) is 28.0 Å². The smallest absolute Gasteiger partial charge is 0.120 e. The van der Waals surface area contributed by atoms with Crippen molar-refractivity contribution in [3.63, 3.8) is 0 Å². The molecule has 1 rings (SSSR count). The Morgan fingerprint density at radius 1 is 1.27 bits per heavy atom. The minimum absolute atomic E-state index is 0.0317. The fourth-order valence-corrected chi connectivity index (χ4v) is 1.46. The van der Waals surface area contributed by atoms with Crippen LogP contribution in [0.15, 0.2) is 18.2 Å². The lowest BCUT2D eigenvalue weighted by atomic mass is 10.1. The number of aromatic hydroxyl groups is 2. The third kappa shape index (κ3) is 3.11.